The van der Waals surface area contributed by atoms with Crippen molar-refractivity contribution in [3.8, 4) is 0 Å². The van der Waals surface area contributed by atoms with Gasteiger partial charge in [0.25, 0.3) is 0 Å². The molecule has 96 valence electrons. The van der Waals surface area contributed by atoms with Crippen molar-refractivity contribution < 1.29 is 9.84 Å². The molecule has 0 aromatic heterocycles. The van der Waals surface area contributed by atoms with E-state index in [1.54, 1.807) is 7.11 Å². The third-order valence-electron chi connectivity index (χ3n) is 3.20. The predicted molar refractivity (Wildman–Crippen MR) is 71.1 cm³/mol. The first-order valence-electron chi connectivity index (χ1n) is 6.00. The molecule has 1 aromatic carbocycles. The Balaban J connectivity index is 2.69. The van der Waals surface area contributed by atoms with Crippen LogP contribution in [-0.4, -0.2) is 24.4 Å². The number of nitrogens with one attached hydrogen (secondary N) is 1. The Morgan fingerprint density at radius 2 is 2.00 bits per heavy atom. The van der Waals surface area contributed by atoms with Gasteiger partial charge in [-0.3, -0.25) is 0 Å². The van der Waals surface area contributed by atoms with Crippen molar-refractivity contribution in [1.82, 2.24) is 0 Å². The standard InChI is InChI=1S/C14H23NO2/c1-11(2)14(3,16)10-15-13-8-6-5-7-12(13)9-17-4/h5-8,11,15-16H,9-10H2,1-4H3. The fourth-order valence-electron chi connectivity index (χ4n) is 1.45. The molecule has 0 amide bonds. The number of benzene rings is 1. The van der Waals surface area contributed by atoms with Crippen molar-refractivity contribution in [3.05, 3.63) is 29.8 Å². The molecule has 0 bridgehead atoms. The highest BCUT2D eigenvalue weighted by atomic mass is 16.5. The van der Waals surface area contributed by atoms with Crippen LogP contribution in [0.2, 0.25) is 0 Å². The van der Waals surface area contributed by atoms with Crippen LogP contribution in [0.4, 0.5) is 5.69 Å². The molecule has 1 atom stereocenters. The Morgan fingerprint density at radius 1 is 1.35 bits per heavy atom. The molecule has 0 saturated heterocycles. The van der Waals surface area contributed by atoms with Crippen molar-refractivity contribution in [3.63, 3.8) is 0 Å². The molecule has 0 aliphatic heterocycles. The van der Waals surface area contributed by atoms with Crippen molar-refractivity contribution in [2.24, 2.45) is 5.92 Å². The van der Waals surface area contributed by atoms with Crippen LogP contribution in [0.25, 0.3) is 0 Å². The summed E-state index contributed by atoms with van der Waals surface area (Å²) < 4.78 is 5.15. The maximum atomic E-state index is 10.2. The third kappa shape index (κ3) is 4.02. The van der Waals surface area contributed by atoms with Gasteiger partial charge in [0, 0.05) is 24.9 Å². The SMILES string of the molecule is COCc1ccccc1NCC(C)(O)C(C)C. The molecule has 1 aromatic rings. The van der Waals surface area contributed by atoms with Gasteiger partial charge in [0.05, 0.1) is 12.2 Å². The van der Waals surface area contributed by atoms with Crippen LogP contribution in [0.1, 0.15) is 26.3 Å². The zero-order chi connectivity index (χ0) is 12.9. The molecule has 0 spiro atoms. The van der Waals surface area contributed by atoms with E-state index in [2.05, 4.69) is 5.32 Å². The Kier molecular flexibility index (Phi) is 4.97. The number of rotatable bonds is 6. The summed E-state index contributed by atoms with van der Waals surface area (Å²) >= 11 is 0. The largest absolute Gasteiger partial charge is 0.388 e. The molecule has 3 heteroatoms. The van der Waals surface area contributed by atoms with Crippen LogP contribution in [0.5, 0.6) is 0 Å². The second kappa shape index (κ2) is 6.03. The minimum absolute atomic E-state index is 0.213. The first kappa shape index (κ1) is 14.0. The minimum Gasteiger partial charge on any atom is -0.388 e. The van der Waals surface area contributed by atoms with Crippen molar-refractivity contribution in [2.75, 3.05) is 19.0 Å². The molecule has 0 heterocycles. The van der Waals surface area contributed by atoms with Crippen LogP contribution in [0.3, 0.4) is 0 Å². The number of aliphatic hydroxyl groups is 1. The highest BCUT2D eigenvalue weighted by Crippen LogP contribution is 2.20. The van der Waals surface area contributed by atoms with Crippen LogP contribution >= 0.6 is 0 Å². The fourth-order valence-corrected chi connectivity index (χ4v) is 1.45. The van der Waals surface area contributed by atoms with E-state index >= 15 is 0 Å². The number of methoxy groups -OCH3 is 1. The van der Waals surface area contributed by atoms with E-state index in [1.165, 1.54) is 0 Å². The maximum Gasteiger partial charge on any atom is 0.0813 e. The normalized spacial score (nSPS) is 14.7. The second-order valence-electron chi connectivity index (χ2n) is 4.96. The van der Waals surface area contributed by atoms with E-state index in [1.807, 2.05) is 45.0 Å². The molecule has 3 nitrogen and oxygen atoms in total. The lowest BCUT2D eigenvalue weighted by Gasteiger charge is -2.28. The number of hydrogen-bond acceptors (Lipinski definition) is 3. The summed E-state index contributed by atoms with van der Waals surface area (Å²) in [7, 11) is 1.68. The van der Waals surface area contributed by atoms with E-state index in [0.717, 1.165) is 11.3 Å². The maximum absolute atomic E-state index is 10.2. The Bertz CT molecular complexity index is 348. The molecule has 1 unspecified atom stereocenters. The number of hydrogen-bond donors (Lipinski definition) is 2. The average molecular weight is 237 g/mol. The fraction of sp³-hybridized carbons (Fsp3) is 0.571. The van der Waals surface area contributed by atoms with E-state index in [9.17, 15) is 5.11 Å². The summed E-state index contributed by atoms with van der Waals surface area (Å²) in [6, 6.07) is 7.99. The van der Waals surface area contributed by atoms with Crippen LogP contribution in [0.15, 0.2) is 24.3 Å². The summed E-state index contributed by atoms with van der Waals surface area (Å²) in [4.78, 5) is 0. The van der Waals surface area contributed by atoms with Gasteiger partial charge in [0.1, 0.15) is 0 Å². The quantitative estimate of drug-likeness (QED) is 0.799. The summed E-state index contributed by atoms with van der Waals surface area (Å²) in [5, 5.41) is 13.5. The lowest BCUT2D eigenvalue weighted by Crippen LogP contribution is -2.38. The smallest absolute Gasteiger partial charge is 0.0813 e. The monoisotopic (exact) mass is 237 g/mol. The topological polar surface area (TPSA) is 41.5 Å². The minimum atomic E-state index is -0.708. The van der Waals surface area contributed by atoms with Gasteiger partial charge in [-0.1, -0.05) is 32.0 Å². The Morgan fingerprint density at radius 3 is 2.59 bits per heavy atom. The van der Waals surface area contributed by atoms with E-state index in [0.29, 0.717) is 13.2 Å². The van der Waals surface area contributed by atoms with Crippen LogP contribution < -0.4 is 5.32 Å². The van der Waals surface area contributed by atoms with Gasteiger partial charge in [0.2, 0.25) is 0 Å². The second-order valence-corrected chi connectivity index (χ2v) is 4.96. The predicted octanol–water partition coefficient (Wildman–Crippen LogP) is 2.65. The van der Waals surface area contributed by atoms with E-state index in [4.69, 9.17) is 4.74 Å². The highest BCUT2D eigenvalue weighted by Gasteiger charge is 2.24. The zero-order valence-corrected chi connectivity index (χ0v) is 11.2. The van der Waals surface area contributed by atoms with Gasteiger partial charge in [0.15, 0.2) is 0 Å². The number of ether oxygens (including phenoxy) is 1. The van der Waals surface area contributed by atoms with Crippen molar-refractivity contribution in [1.29, 1.82) is 0 Å². The lowest BCUT2D eigenvalue weighted by atomic mass is 9.92. The summed E-state index contributed by atoms with van der Waals surface area (Å²) in [6.07, 6.45) is 0. The highest BCUT2D eigenvalue weighted by molar-refractivity contribution is 5.51. The summed E-state index contributed by atoms with van der Waals surface area (Å²) in [5.41, 5.74) is 1.42. The molecule has 1 rings (SSSR count). The van der Waals surface area contributed by atoms with Crippen molar-refractivity contribution >= 4 is 5.69 Å². The zero-order valence-electron chi connectivity index (χ0n) is 11.2. The molecule has 0 saturated carbocycles. The van der Waals surface area contributed by atoms with E-state index < -0.39 is 5.60 Å². The molecule has 2 N–H and O–H groups in total. The van der Waals surface area contributed by atoms with Gasteiger partial charge in [-0.2, -0.15) is 0 Å². The van der Waals surface area contributed by atoms with Crippen LogP contribution in [0, 0.1) is 5.92 Å². The van der Waals surface area contributed by atoms with Crippen molar-refractivity contribution in [2.45, 2.75) is 33.0 Å². The Labute approximate surface area is 104 Å². The summed E-state index contributed by atoms with van der Waals surface area (Å²) in [5.74, 6) is 0.213. The number of anilines is 1. The Hall–Kier alpha value is -1.06. The number of para-hydroxylation sites is 1. The molecular weight excluding hydrogens is 214 g/mol. The van der Waals surface area contributed by atoms with Gasteiger partial charge >= 0.3 is 0 Å². The van der Waals surface area contributed by atoms with Gasteiger partial charge in [-0.15, -0.1) is 0 Å². The first-order valence-corrected chi connectivity index (χ1v) is 6.00. The van der Waals surface area contributed by atoms with E-state index in [-0.39, 0.29) is 5.92 Å². The van der Waals surface area contributed by atoms with Gasteiger partial charge < -0.3 is 15.2 Å². The molecule has 0 aliphatic rings. The molecule has 17 heavy (non-hydrogen) atoms. The summed E-state index contributed by atoms with van der Waals surface area (Å²) in [6.45, 7) is 6.99. The lowest BCUT2D eigenvalue weighted by molar-refractivity contribution is 0.0266. The molecular formula is C14H23NO2. The average Bonchev–Trinajstić information content (AvgIpc) is 2.28. The first-order chi connectivity index (χ1) is 7.97. The molecule has 0 fully saturated rings. The van der Waals surface area contributed by atoms with Crippen LogP contribution in [-0.2, 0) is 11.3 Å². The molecule has 0 radical (unpaired) electrons. The molecule has 0 aliphatic carbocycles. The third-order valence-corrected chi connectivity index (χ3v) is 3.20. The van der Waals surface area contributed by atoms with Gasteiger partial charge in [-0.25, -0.2) is 0 Å². The van der Waals surface area contributed by atoms with Gasteiger partial charge in [-0.05, 0) is 18.9 Å².